The van der Waals surface area contributed by atoms with Gasteiger partial charge in [-0.3, -0.25) is 0 Å². The standard InChI is InChI=1S/C11H11F3N2S/c1-7(2)6-17-10-8(5-15)3-4-9(16-10)11(12,13)14/h3-4,7H,6H2,1-2H3. The van der Waals surface area contributed by atoms with Crippen LogP contribution in [0, 0.1) is 17.2 Å². The second-order valence-electron chi connectivity index (χ2n) is 3.86. The van der Waals surface area contributed by atoms with Gasteiger partial charge in [0.1, 0.15) is 16.8 Å². The van der Waals surface area contributed by atoms with E-state index >= 15 is 0 Å². The van der Waals surface area contributed by atoms with E-state index in [4.69, 9.17) is 5.26 Å². The van der Waals surface area contributed by atoms with Crippen molar-refractivity contribution in [3.8, 4) is 6.07 Å². The average Bonchev–Trinajstić information content (AvgIpc) is 2.24. The quantitative estimate of drug-likeness (QED) is 0.777. The molecular weight excluding hydrogens is 249 g/mol. The van der Waals surface area contributed by atoms with Crippen LogP contribution < -0.4 is 0 Å². The Kier molecular flexibility index (Phi) is 4.40. The predicted molar refractivity (Wildman–Crippen MR) is 59.5 cm³/mol. The van der Waals surface area contributed by atoms with Gasteiger partial charge in [0, 0.05) is 5.75 Å². The third kappa shape index (κ3) is 3.93. The molecule has 0 aliphatic rings. The molecule has 0 aromatic carbocycles. The largest absolute Gasteiger partial charge is 0.433 e. The van der Waals surface area contributed by atoms with Gasteiger partial charge in [-0.1, -0.05) is 13.8 Å². The lowest BCUT2D eigenvalue weighted by molar-refractivity contribution is -0.141. The fourth-order valence-electron chi connectivity index (χ4n) is 1.04. The first-order valence-electron chi connectivity index (χ1n) is 4.95. The first-order valence-corrected chi connectivity index (χ1v) is 5.94. The van der Waals surface area contributed by atoms with Gasteiger partial charge in [0.15, 0.2) is 0 Å². The van der Waals surface area contributed by atoms with Gasteiger partial charge in [0.2, 0.25) is 0 Å². The van der Waals surface area contributed by atoms with Crippen LogP contribution in [-0.2, 0) is 6.18 Å². The molecular formula is C11H11F3N2S. The summed E-state index contributed by atoms with van der Waals surface area (Å²) in [5.74, 6) is 0.950. The SMILES string of the molecule is CC(C)CSc1nc(C(F)(F)F)ccc1C#N. The molecule has 1 rings (SSSR count). The fraction of sp³-hybridized carbons (Fsp3) is 0.455. The zero-order valence-electron chi connectivity index (χ0n) is 9.38. The van der Waals surface area contributed by atoms with Crippen LogP contribution in [0.4, 0.5) is 13.2 Å². The van der Waals surface area contributed by atoms with Gasteiger partial charge in [-0.2, -0.15) is 18.4 Å². The summed E-state index contributed by atoms with van der Waals surface area (Å²) in [6, 6.07) is 3.84. The number of pyridine rings is 1. The van der Waals surface area contributed by atoms with E-state index in [0.717, 1.165) is 6.07 Å². The van der Waals surface area contributed by atoms with Crippen LogP contribution in [0.25, 0.3) is 0 Å². The highest BCUT2D eigenvalue weighted by Gasteiger charge is 2.33. The van der Waals surface area contributed by atoms with Gasteiger partial charge in [-0.25, -0.2) is 4.98 Å². The van der Waals surface area contributed by atoms with Crippen molar-refractivity contribution in [1.29, 1.82) is 5.26 Å². The zero-order valence-corrected chi connectivity index (χ0v) is 10.2. The van der Waals surface area contributed by atoms with Crippen molar-refractivity contribution in [2.45, 2.75) is 25.0 Å². The molecule has 0 spiro atoms. The molecule has 1 aromatic rings. The molecule has 6 heteroatoms. The lowest BCUT2D eigenvalue weighted by Gasteiger charge is -2.09. The maximum absolute atomic E-state index is 12.4. The van der Waals surface area contributed by atoms with Crippen molar-refractivity contribution in [2.24, 2.45) is 5.92 Å². The Labute approximate surface area is 102 Å². The second-order valence-corrected chi connectivity index (χ2v) is 4.87. The number of rotatable bonds is 3. The van der Waals surface area contributed by atoms with E-state index in [0.29, 0.717) is 11.7 Å². The molecule has 0 radical (unpaired) electrons. The second kappa shape index (κ2) is 5.41. The van der Waals surface area contributed by atoms with E-state index < -0.39 is 11.9 Å². The summed E-state index contributed by atoms with van der Waals surface area (Å²) in [6.07, 6.45) is -4.47. The Morgan fingerprint density at radius 1 is 1.41 bits per heavy atom. The highest BCUT2D eigenvalue weighted by molar-refractivity contribution is 7.99. The van der Waals surface area contributed by atoms with E-state index in [1.165, 1.54) is 17.8 Å². The Hall–Kier alpha value is -1.22. The molecule has 0 aliphatic carbocycles. The van der Waals surface area contributed by atoms with Crippen molar-refractivity contribution in [3.05, 3.63) is 23.4 Å². The average molecular weight is 260 g/mol. The maximum Gasteiger partial charge on any atom is 0.433 e. The van der Waals surface area contributed by atoms with Gasteiger partial charge in [-0.05, 0) is 18.1 Å². The van der Waals surface area contributed by atoms with Crippen molar-refractivity contribution in [2.75, 3.05) is 5.75 Å². The van der Waals surface area contributed by atoms with E-state index in [9.17, 15) is 13.2 Å². The number of aromatic nitrogens is 1. The molecule has 92 valence electrons. The minimum Gasteiger partial charge on any atom is -0.236 e. The minimum absolute atomic E-state index is 0.149. The molecule has 17 heavy (non-hydrogen) atoms. The molecule has 0 amide bonds. The van der Waals surface area contributed by atoms with Crippen molar-refractivity contribution in [1.82, 2.24) is 4.98 Å². The van der Waals surface area contributed by atoms with Crippen LogP contribution in [0.15, 0.2) is 17.2 Å². The van der Waals surface area contributed by atoms with E-state index in [2.05, 4.69) is 4.98 Å². The van der Waals surface area contributed by atoms with E-state index in [1.807, 2.05) is 19.9 Å². The van der Waals surface area contributed by atoms with Crippen LogP contribution in [-0.4, -0.2) is 10.7 Å². The van der Waals surface area contributed by atoms with Crippen LogP contribution in [0.1, 0.15) is 25.1 Å². The molecule has 0 saturated carbocycles. The summed E-state index contributed by atoms with van der Waals surface area (Å²) >= 11 is 1.18. The number of nitriles is 1. The van der Waals surface area contributed by atoms with Crippen molar-refractivity contribution >= 4 is 11.8 Å². The highest BCUT2D eigenvalue weighted by Crippen LogP contribution is 2.31. The van der Waals surface area contributed by atoms with Gasteiger partial charge >= 0.3 is 6.18 Å². The molecule has 2 nitrogen and oxygen atoms in total. The summed E-state index contributed by atoms with van der Waals surface area (Å²) in [7, 11) is 0. The molecule has 0 bridgehead atoms. The third-order valence-electron chi connectivity index (χ3n) is 1.82. The number of hydrogen-bond acceptors (Lipinski definition) is 3. The number of hydrogen-bond donors (Lipinski definition) is 0. The van der Waals surface area contributed by atoms with E-state index in [-0.39, 0.29) is 10.6 Å². The van der Waals surface area contributed by atoms with Crippen LogP contribution in [0.5, 0.6) is 0 Å². The minimum atomic E-state index is -4.47. The summed E-state index contributed by atoms with van der Waals surface area (Å²) in [5, 5.41) is 8.94. The van der Waals surface area contributed by atoms with Crippen LogP contribution in [0.3, 0.4) is 0 Å². The number of halogens is 3. The summed E-state index contributed by atoms with van der Waals surface area (Å²) in [5.41, 5.74) is -0.772. The van der Waals surface area contributed by atoms with E-state index in [1.54, 1.807) is 0 Å². The first-order chi connectivity index (χ1) is 7.84. The Balaban J connectivity index is 3.04. The zero-order chi connectivity index (χ0) is 13.1. The third-order valence-corrected chi connectivity index (χ3v) is 3.24. The number of thioether (sulfide) groups is 1. The molecule has 0 atom stereocenters. The molecule has 0 N–H and O–H groups in total. The Morgan fingerprint density at radius 3 is 2.53 bits per heavy atom. The fourth-order valence-corrected chi connectivity index (χ4v) is 1.96. The monoisotopic (exact) mass is 260 g/mol. The molecule has 1 aromatic heterocycles. The van der Waals surface area contributed by atoms with Gasteiger partial charge in [-0.15, -0.1) is 11.8 Å². The van der Waals surface area contributed by atoms with Gasteiger partial charge in [0.25, 0.3) is 0 Å². The van der Waals surface area contributed by atoms with Gasteiger partial charge < -0.3 is 0 Å². The number of alkyl halides is 3. The topological polar surface area (TPSA) is 36.7 Å². The normalized spacial score (nSPS) is 11.6. The van der Waals surface area contributed by atoms with Gasteiger partial charge in [0.05, 0.1) is 5.56 Å². The first kappa shape index (κ1) is 13.8. The molecule has 0 saturated heterocycles. The lowest BCUT2D eigenvalue weighted by atomic mass is 10.2. The predicted octanol–water partition coefficient (Wildman–Crippen LogP) is 3.72. The maximum atomic E-state index is 12.4. The molecule has 0 aliphatic heterocycles. The van der Waals surface area contributed by atoms with Crippen molar-refractivity contribution < 1.29 is 13.2 Å². The Morgan fingerprint density at radius 2 is 2.06 bits per heavy atom. The molecule has 0 unspecified atom stereocenters. The molecule has 0 fully saturated rings. The summed E-state index contributed by atoms with van der Waals surface area (Å²) in [6.45, 7) is 3.90. The Bertz CT molecular complexity index is 435. The molecule has 1 heterocycles. The van der Waals surface area contributed by atoms with Crippen molar-refractivity contribution in [3.63, 3.8) is 0 Å². The summed E-state index contributed by atoms with van der Waals surface area (Å²) < 4.78 is 37.3. The lowest BCUT2D eigenvalue weighted by Crippen LogP contribution is -2.09. The highest BCUT2D eigenvalue weighted by atomic mass is 32.2. The number of nitrogens with zero attached hydrogens (tertiary/aromatic N) is 2. The van der Waals surface area contributed by atoms with Crippen LogP contribution >= 0.6 is 11.8 Å². The smallest absolute Gasteiger partial charge is 0.236 e. The van der Waals surface area contributed by atoms with Crippen LogP contribution in [0.2, 0.25) is 0 Å². The summed E-state index contributed by atoms with van der Waals surface area (Å²) in [4.78, 5) is 3.50.